The van der Waals surface area contributed by atoms with Gasteiger partial charge in [0, 0.05) is 0 Å². The van der Waals surface area contributed by atoms with E-state index in [1.807, 2.05) is 0 Å². The lowest BCUT2D eigenvalue weighted by atomic mass is 10.1. The lowest BCUT2D eigenvalue weighted by Gasteiger charge is -2.05. The summed E-state index contributed by atoms with van der Waals surface area (Å²) in [5.41, 5.74) is -1.84. The zero-order valence-electron chi connectivity index (χ0n) is 11.2. The van der Waals surface area contributed by atoms with Crippen LogP contribution in [0.2, 0.25) is 0 Å². The van der Waals surface area contributed by atoms with E-state index in [1.165, 1.54) is 0 Å². The number of benzene rings is 2. The zero-order chi connectivity index (χ0) is 16.7. The van der Waals surface area contributed by atoms with Crippen molar-refractivity contribution in [1.29, 1.82) is 0 Å². The van der Waals surface area contributed by atoms with Crippen molar-refractivity contribution in [3.8, 4) is 0 Å². The average molecular weight is 322 g/mol. The van der Waals surface area contributed by atoms with Crippen LogP contribution in [0, 0.1) is 23.3 Å². The highest BCUT2D eigenvalue weighted by atomic mass is 19.2. The molecule has 3 rings (SSSR count). The van der Waals surface area contributed by atoms with Gasteiger partial charge in [-0.3, -0.25) is 9.59 Å². The summed E-state index contributed by atoms with van der Waals surface area (Å²) in [5.74, 6) is -10.9. The maximum Gasteiger partial charge on any atom is 0.285 e. The van der Waals surface area contributed by atoms with Crippen LogP contribution in [0.1, 0.15) is 26.3 Å². The molecule has 8 heteroatoms. The molecule has 0 unspecified atom stereocenters. The first-order valence-electron chi connectivity index (χ1n) is 6.27. The first-order chi connectivity index (χ1) is 10.9. The smallest absolute Gasteiger partial charge is 0.266 e. The summed E-state index contributed by atoms with van der Waals surface area (Å²) in [6, 6.07) is 8.24. The predicted molar refractivity (Wildman–Crippen MR) is 70.8 cm³/mol. The third-order valence-electron chi connectivity index (χ3n) is 3.20. The first-order valence-corrected chi connectivity index (χ1v) is 6.27. The molecule has 1 aliphatic rings. The summed E-state index contributed by atoms with van der Waals surface area (Å²) in [5, 5.41) is 3.70. The molecule has 0 aliphatic carbocycles. The largest absolute Gasteiger partial charge is 0.285 e. The Labute approximate surface area is 126 Å². The molecule has 2 amide bonds. The normalized spacial score (nSPS) is 14.0. The fraction of sp³-hybridized carbons (Fsp3) is 0. The molecule has 23 heavy (non-hydrogen) atoms. The van der Waals surface area contributed by atoms with Crippen molar-refractivity contribution in [3.05, 3.63) is 70.3 Å². The minimum Gasteiger partial charge on any atom is -0.266 e. The number of hydrazone groups is 1. The molecule has 1 heterocycles. The van der Waals surface area contributed by atoms with Gasteiger partial charge < -0.3 is 0 Å². The minimum absolute atomic E-state index is 0.155. The van der Waals surface area contributed by atoms with Gasteiger partial charge in [-0.25, -0.2) is 17.6 Å². The summed E-state index contributed by atoms with van der Waals surface area (Å²) in [7, 11) is 0. The molecule has 1 aliphatic heterocycles. The van der Waals surface area contributed by atoms with Gasteiger partial charge in [0.15, 0.2) is 23.3 Å². The predicted octanol–water partition coefficient (Wildman–Crippen LogP) is 2.87. The van der Waals surface area contributed by atoms with E-state index in [0.29, 0.717) is 5.56 Å². The number of hydrogen-bond donors (Lipinski definition) is 0. The van der Waals surface area contributed by atoms with Crippen LogP contribution in [0.4, 0.5) is 17.6 Å². The Morgan fingerprint density at radius 3 is 1.74 bits per heavy atom. The number of halogens is 4. The van der Waals surface area contributed by atoms with Crippen molar-refractivity contribution < 1.29 is 27.2 Å². The molecule has 0 N–H and O–H groups in total. The van der Waals surface area contributed by atoms with Crippen LogP contribution in [-0.4, -0.2) is 23.0 Å². The Hall–Kier alpha value is -3.03. The third kappa shape index (κ3) is 2.19. The maximum absolute atomic E-state index is 13.7. The average Bonchev–Trinajstić information content (AvgIpc) is 2.81. The number of imide groups is 1. The van der Waals surface area contributed by atoms with E-state index in [-0.39, 0.29) is 5.01 Å². The minimum atomic E-state index is -2.16. The number of carbonyl (C=O) groups excluding carboxylic acids is 2. The molecule has 4 nitrogen and oxygen atoms in total. The Morgan fingerprint density at radius 1 is 0.783 bits per heavy atom. The summed E-state index contributed by atoms with van der Waals surface area (Å²) in [4.78, 5) is 23.9. The lowest BCUT2D eigenvalue weighted by Crippen LogP contribution is -2.24. The fourth-order valence-corrected chi connectivity index (χ4v) is 2.11. The van der Waals surface area contributed by atoms with Gasteiger partial charge in [-0.05, 0) is 5.56 Å². The highest BCUT2D eigenvalue weighted by Crippen LogP contribution is 2.31. The third-order valence-corrected chi connectivity index (χ3v) is 3.20. The molecule has 0 atom stereocenters. The molecule has 0 aromatic heterocycles. The standard InChI is InChI=1S/C15H6F4N2O2/c16-10-8-9(11(17)13(19)12(10)18)15(23)21(14(8)22)20-6-7-4-2-1-3-5-7/h1-6H/b20-6+. The van der Waals surface area contributed by atoms with Crippen molar-refractivity contribution in [2.24, 2.45) is 5.10 Å². The fourth-order valence-electron chi connectivity index (χ4n) is 2.11. The molecule has 0 saturated heterocycles. The second kappa shape index (κ2) is 5.31. The van der Waals surface area contributed by atoms with Crippen LogP contribution < -0.4 is 0 Å². The van der Waals surface area contributed by atoms with E-state index >= 15 is 0 Å². The van der Waals surface area contributed by atoms with Crippen LogP contribution >= 0.6 is 0 Å². The van der Waals surface area contributed by atoms with Crippen LogP contribution in [-0.2, 0) is 0 Å². The van der Waals surface area contributed by atoms with Gasteiger partial charge in [-0.1, -0.05) is 30.3 Å². The van der Waals surface area contributed by atoms with Crippen molar-refractivity contribution in [1.82, 2.24) is 5.01 Å². The maximum atomic E-state index is 13.7. The quantitative estimate of drug-likeness (QED) is 0.281. The van der Waals surface area contributed by atoms with Gasteiger partial charge in [0.2, 0.25) is 0 Å². The summed E-state index contributed by atoms with van der Waals surface area (Å²) in [6.07, 6.45) is 1.10. The van der Waals surface area contributed by atoms with Crippen molar-refractivity contribution in [2.45, 2.75) is 0 Å². The van der Waals surface area contributed by atoms with E-state index in [9.17, 15) is 27.2 Å². The Bertz CT molecular complexity index is 819. The number of nitrogens with zero attached hydrogens (tertiary/aromatic N) is 2. The van der Waals surface area contributed by atoms with Crippen molar-refractivity contribution in [3.63, 3.8) is 0 Å². The van der Waals surface area contributed by atoms with E-state index in [4.69, 9.17) is 0 Å². The molecule has 0 bridgehead atoms. The molecule has 2 aromatic carbocycles. The van der Waals surface area contributed by atoms with Gasteiger partial charge >= 0.3 is 0 Å². The Balaban J connectivity index is 2.07. The number of carbonyl (C=O) groups is 2. The number of hydrogen-bond acceptors (Lipinski definition) is 3. The second-order valence-electron chi connectivity index (χ2n) is 4.58. The highest BCUT2D eigenvalue weighted by Gasteiger charge is 2.44. The molecule has 2 aromatic rings. The van der Waals surface area contributed by atoms with Gasteiger partial charge in [-0.15, -0.1) is 0 Å². The van der Waals surface area contributed by atoms with Crippen LogP contribution in [0.25, 0.3) is 0 Å². The molecule has 0 fully saturated rings. The topological polar surface area (TPSA) is 49.7 Å². The number of rotatable bonds is 2. The number of amides is 2. The Kier molecular flexibility index (Phi) is 3.44. The first kappa shape index (κ1) is 14.9. The van der Waals surface area contributed by atoms with Crippen LogP contribution in [0.15, 0.2) is 35.4 Å². The van der Waals surface area contributed by atoms with Gasteiger partial charge in [0.25, 0.3) is 11.8 Å². The van der Waals surface area contributed by atoms with Crippen LogP contribution in [0.5, 0.6) is 0 Å². The molecule has 0 saturated carbocycles. The molecule has 0 radical (unpaired) electrons. The van der Waals surface area contributed by atoms with Crippen LogP contribution in [0.3, 0.4) is 0 Å². The summed E-state index contributed by atoms with van der Waals surface area (Å²) < 4.78 is 53.8. The number of fused-ring (bicyclic) bond motifs is 1. The van der Waals surface area contributed by atoms with Crippen molar-refractivity contribution in [2.75, 3.05) is 0 Å². The summed E-state index contributed by atoms with van der Waals surface area (Å²) in [6.45, 7) is 0. The van der Waals surface area contributed by atoms with Gasteiger partial charge in [0.05, 0.1) is 17.3 Å². The van der Waals surface area contributed by atoms with Gasteiger partial charge in [0.1, 0.15) is 0 Å². The SMILES string of the molecule is O=C1c2c(F)c(F)c(F)c(F)c2C(=O)N1/N=C/c1ccccc1. The Morgan fingerprint density at radius 2 is 1.26 bits per heavy atom. The highest BCUT2D eigenvalue weighted by molar-refractivity contribution is 6.21. The van der Waals surface area contributed by atoms with E-state index in [0.717, 1.165) is 6.21 Å². The second-order valence-corrected chi connectivity index (χ2v) is 4.58. The summed E-state index contributed by atoms with van der Waals surface area (Å²) >= 11 is 0. The molecule has 0 spiro atoms. The lowest BCUT2D eigenvalue weighted by molar-refractivity contribution is 0.0657. The van der Waals surface area contributed by atoms with Gasteiger partial charge in [-0.2, -0.15) is 10.1 Å². The zero-order valence-corrected chi connectivity index (χ0v) is 11.2. The van der Waals surface area contributed by atoms with Crippen molar-refractivity contribution >= 4 is 18.0 Å². The molecular weight excluding hydrogens is 316 g/mol. The monoisotopic (exact) mass is 322 g/mol. The van der Waals surface area contributed by atoms with E-state index < -0.39 is 46.2 Å². The van der Waals surface area contributed by atoms with E-state index in [2.05, 4.69) is 5.10 Å². The molecule has 116 valence electrons. The van der Waals surface area contributed by atoms with E-state index in [1.54, 1.807) is 30.3 Å². The molecular formula is C15H6F4N2O2.